The van der Waals surface area contributed by atoms with Crippen molar-refractivity contribution < 1.29 is 4.79 Å². The molecule has 0 aliphatic rings. The van der Waals surface area contributed by atoms with Crippen molar-refractivity contribution in [1.82, 2.24) is 5.32 Å². The van der Waals surface area contributed by atoms with E-state index in [4.69, 9.17) is 17.3 Å². The standard InChI is InChI=1S/C13H20ClN3O/c1-9(2)16-12(18)8-17(3)13-10(7-15)5-4-6-11(13)14/h4-6,9H,7-8,15H2,1-3H3,(H,16,18). The predicted molar refractivity (Wildman–Crippen MR) is 75.9 cm³/mol. The molecule has 0 atom stereocenters. The Balaban J connectivity index is 2.84. The monoisotopic (exact) mass is 269 g/mol. The normalized spacial score (nSPS) is 10.6. The number of nitrogens with one attached hydrogen (secondary N) is 1. The summed E-state index contributed by atoms with van der Waals surface area (Å²) in [6.07, 6.45) is 0. The van der Waals surface area contributed by atoms with Crippen LogP contribution in [0.4, 0.5) is 5.69 Å². The quantitative estimate of drug-likeness (QED) is 0.856. The van der Waals surface area contributed by atoms with Crippen molar-refractivity contribution in [3.8, 4) is 0 Å². The van der Waals surface area contributed by atoms with Crippen molar-refractivity contribution in [2.45, 2.75) is 26.4 Å². The second-order valence-corrected chi connectivity index (χ2v) is 4.94. The maximum Gasteiger partial charge on any atom is 0.239 e. The van der Waals surface area contributed by atoms with E-state index in [2.05, 4.69) is 5.32 Å². The number of amides is 1. The van der Waals surface area contributed by atoms with E-state index in [9.17, 15) is 4.79 Å². The van der Waals surface area contributed by atoms with Gasteiger partial charge in [-0.2, -0.15) is 0 Å². The van der Waals surface area contributed by atoms with Gasteiger partial charge in [-0.25, -0.2) is 0 Å². The predicted octanol–water partition coefficient (Wildman–Crippen LogP) is 1.76. The highest BCUT2D eigenvalue weighted by atomic mass is 35.5. The van der Waals surface area contributed by atoms with Crippen LogP contribution < -0.4 is 16.0 Å². The SMILES string of the molecule is CC(C)NC(=O)CN(C)c1c(Cl)cccc1CN. The van der Waals surface area contributed by atoms with E-state index in [1.807, 2.05) is 37.9 Å². The minimum Gasteiger partial charge on any atom is -0.364 e. The van der Waals surface area contributed by atoms with Gasteiger partial charge in [-0.05, 0) is 25.5 Å². The molecule has 0 aromatic heterocycles. The number of hydrogen-bond acceptors (Lipinski definition) is 3. The molecule has 0 bridgehead atoms. The van der Waals surface area contributed by atoms with E-state index in [-0.39, 0.29) is 18.5 Å². The van der Waals surface area contributed by atoms with Gasteiger partial charge in [0.2, 0.25) is 5.91 Å². The summed E-state index contributed by atoms with van der Waals surface area (Å²) in [4.78, 5) is 13.5. The maximum absolute atomic E-state index is 11.7. The molecular formula is C13H20ClN3O. The maximum atomic E-state index is 11.7. The third-order valence-corrected chi connectivity index (χ3v) is 2.81. The van der Waals surface area contributed by atoms with Crippen LogP contribution in [0.5, 0.6) is 0 Å². The summed E-state index contributed by atoms with van der Waals surface area (Å²) in [6, 6.07) is 5.70. The fraction of sp³-hybridized carbons (Fsp3) is 0.462. The van der Waals surface area contributed by atoms with Crippen LogP contribution in [0.15, 0.2) is 18.2 Å². The molecule has 100 valence electrons. The molecule has 0 fully saturated rings. The molecular weight excluding hydrogens is 250 g/mol. The lowest BCUT2D eigenvalue weighted by Crippen LogP contribution is -2.39. The fourth-order valence-corrected chi connectivity index (χ4v) is 2.15. The summed E-state index contributed by atoms with van der Waals surface area (Å²) >= 11 is 6.16. The number of carbonyl (C=O) groups is 1. The summed E-state index contributed by atoms with van der Waals surface area (Å²) in [6.45, 7) is 4.51. The first-order chi connectivity index (χ1) is 8.45. The fourth-order valence-electron chi connectivity index (χ4n) is 1.81. The van der Waals surface area contributed by atoms with Crippen molar-refractivity contribution in [2.75, 3.05) is 18.5 Å². The number of nitrogens with zero attached hydrogens (tertiary/aromatic N) is 1. The number of para-hydroxylation sites is 1. The molecule has 1 rings (SSSR count). The molecule has 1 amide bonds. The number of likely N-dealkylation sites (N-methyl/N-ethyl adjacent to an activating group) is 1. The lowest BCUT2D eigenvalue weighted by Gasteiger charge is -2.23. The molecule has 18 heavy (non-hydrogen) atoms. The Labute approximate surface area is 113 Å². The van der Waals surface area contributed by atoms with Crippen molar-refractivity contribution in [1.29, 1.82) is 0 Å². The van der Waals surface area contributed by atoms with Crippen molar-refractivity contribution in [3.63, 3.8) is 0 Å². The number of carbonyl (C=O) groups excluding carboxylic acids is 1. The molecule has 3 N–H and O–H groups in total. The smallest absolute Gasteiger partial charge is 0.239 e. The van der Waals surface area contributed by atoms with Gasteiger partial charge in [0.1, 0.15) is 0 Å². The Bertz CT molecular complexity index is 421. The molecule has 0 saturated heterocycles. The minimum absolute atomic E-state index is 0.0320. The van der Waals surface area contributed by atoms with Crippen LogP contribution in [0, 0.1) is 0 Å². The highest BCUT2D eigenvalue weighted by Gasteiger charge is 2.14. The topological polar surface area (TPSA) is 58.4 Å². The molecule has 5 heteroatoms. The molecule has 4 nitrogen and oxygen atoms in total. The van der Waals surface area contributed by atoms with Gasteiger partial charge in [-0.15, -0.1) is 0 Å². The zero-order chi connectivity index (χ0) is 13.7. The van der Waals surface area contributed by atoms with E-state index >= 15 is 0 Å². The highest BCUT2D eigenvalue weighted by Crippen LogP contribution is 2.28. The molecule has 0 saturated carbocycles. The van der Waals surface area contributed by atoms with Crippen LogP contribution in [-0.4, -0.2) is 25.5 Å². The van der Waals surface area contributed by atoms with E-state index in [1.165, 1.54) is 0 Å². The number of nitrogens with two attached hydrogens (primary N) is 1. The zero-order valence-corrected chi connectivity index (χ0v) is 11.8. The lowest BCUT2D eigenvalue weighted by atomic mass is 10.1. The van der Waals surface area contributed by atoms with Crippen molar-refractivity contribution >= 4 is 23.2 Å². The number of benzene rings is 1. The van der Waals surface area contributed by atoms with Gasteiger partial charge in [0.15, 0.2) is 0 Å². The van der Waals surface area contributed by atoms with E-state index in [0.717, 1.165) is 11.3 Å². The van der Waals surface area contributed by atoms with Gasteiger partial charge >= 0.3 is 0 Å². The molecule has 0 spiro atoms. The molecule has 0 aliphatic carbocycles. The molecule has 0 heterocycles. The molecule has 0 unspecified atom stereocenters. The van der Waals surface area contributed by atoms with Gasteiger partial charge in [0.25, 0.3) is 0 Å². The largest absolute Gasteiger partial charge is 0.364 e. The first kappa shape index (κ1) is 14.8. The van der Waals surface area contributed by atoms with Gasteiger partial charge in [-0.3, -0.25) is 4.79 Å². The first-order valence-electron chi connectivity index (χ1n) is 5.93. The average molecular weight is 270 g/mol. The highest BCUT2D eigenvalue weighted by molar-refractivity contribution is 6.33. The summed E-state index contributed by atoms with van der Waals surface area (Å²) in [5, 5.41) is 3.45. The Hall–Kier alpha value is -1.26. The minimum atomic E-state index is -0.0320. The van der Waals surface area contributed by atoms with Crippen molar-refractivity contribution in [3.05, 3.63) is 28.8 Å². The van der Waals surface area contributed by atoms with E-state index < -0.39 is 0 Å². The van der Waals surface area contributed by atoms with Crippen LogP contribution in [-0.2, 0) is 11.3 Å². The third-order valence-electron chi connectivity index (χ3n) is 2.50. The molecule has 1 aromatic carbocycles. The van der Waals surface area contributed by atoms with Crippen LogP contribution >= 0.6 is 11.6 Å². The van der Waals surface area contributed by atoms with Crippen LogP contribution in [0.1, 0.15) is 19.4 Å². The first-order valence-corrected chi connectivity index (χ1v) is 6.31. The number of anilines is 1. The van der Waals surface area contributed by atoms with Crippen LogP contribution in [0.2, 0.25) is 5.02 Å². The van der Waals surface area contributed by atoms with Crippen LogP contribution in [0.25, 0.3) is 0 Å². The summed E-state index contributed by atoms with van der Waals surface area (Å²) < 4.78 is 0. The van der Waals surface area contributed by atoms with Crippen LogP contribution in [0.3, 0.4) is 0 Å². The number of halogens is 1. The van der Waals surface area contributed by atoms with Gasteiger partial charge < -0.3 is 16.0 Å². The summed E-state index contributed by atoms with van der Waals surface area (Å²) in [5.74, 6) is -0.0320. The van der Waals surface area contributed by atoms with Crippen molar-refractivity contribution in [2.24, 2.45) is 5.73 Å². The van der Waals surface area contributed by atoms with Gasteiger partial charge in [0.05, 0.1) is 17.3 Å². The van der Waals surface area contributed by atoms with Gasteiger partial charge in [-0.1, -0.05) is 23.7 Å². The Morgan fingerprint density at radius 1 is 1.50 bits per heavy atom. The lowest BCUT2D eigenvalue weighted by molar-refractivity contribution is -0.120. The molecule has 0 aliphatic heterocycles. The van der Waals surface area contributed by atoms with Gasteiger partial charge in [0, 0.05) is 19.6 Å². The molecule has 0 radical (unpaired) electrons. The summed E-state index contributed by atoms with van der Waals surface area (Å²) in [5.41, 5.74) is 7.44. The van der Waals surface area contributed by atoms with E-state index in [0.29, 0.717) is 11.6 Å². The number of hydrogen-bond donors (Lipinski definition) is 2. The summed E-state index contributed by atoms with van der Waals surface area (Å²) in [7, 11) is 1.83. The Kier molecular flexibility index (Phi) is 5.44. The Morgan fingerprint density at radius 3 is 2.72 bits per heavy atom. The zero-order valence-electron chi connectivity index (χ0n) is 11.0. The average Bonchev–Trinajstić information content (AvgIpc) is 2.26. The number of rotatable bonds is 5. The molecule has 1 aromatic rings. The Morgan fingerprint density at radius 2 is 2.17 bits per heavy atom. The second-order valence-electron chi connectivity index (χ2n) is 4.53. The van der Waals surface area contributed by atoms with E-state index in [1.54, 1.807) is 6.07 Å². The third kappa shape index (κ3) is 3.89. The second kappa shape index (κ2) is 6.61.